The standard InChI is InChI=1S/C24H20N4O4S/c29-21(11-12-23(31)28-14-22(30)26-16-5-1-3-7-18(16)28)25-13-15-9-10-19(32-15)24-27-17-6-2-4-8-20(17)33-24/h1-10H,11-14H2,(H,25,29)(H,26,30). The van der Waals surface area contributed by atoms with Gasteiger partial charge >= 0.3 is 0 Å². The van der Waals surface area contributed by atoms with Crippen molar-refractivity contribution in [3.63, 3.8) is 0 Å². The zero-order valence-electron chi connectivity index (χ0n) is 17.5. The Hall–Kier alpha value is -3.98. The molecule has 2 N–H and O–H groups in total. The van der Waals surface area contributed by atoms with Crippen molar-refractivity contribution in [1.29, 1.82) is 0 Å². The number of carbonyl (C=O) groups excluding carboxylic acids is 3. The second-order valence-corrected chi connectivity index (χ2v) is 8.61. The van der Waals surface area contributed by atoms with E-state index in [9.17, 15) is 14.4 Å². The van der Waals surface area contributed by atoms with Crippen molar-refractivity contribution in [3.8, 4) is 10.8 Å². The maximum atomic E-state index is 12.7. The van der Waals surface area contributed by atoms with E-state index in [0.29, 0.717) is 22.9 Å². The summed E-state index contributed by atoms with van der Waals surface area (Å²) >= 11 is 1.55. The smallest absolute Gasteiger partial charge is 0.244 e. The number of nitrogens with zero attached hydrogens (tertiary/aromatic N) is 2. The second kappa shape index (κ2) is 8.87. The molecule has 4 aromatic rings. The lowest BCUT2D eigenvalue weighted by molar-refractivity contribution is -0.125. The highest BCUT2D eigenvalue weighted by molar-refractivity contribution is 7.21. The molecule has 0 aliphatic carbocycles. The van der Waals surface area contributed by atoms with Crippen molar-refractivity contribution in [2.24, 2.45) is 0 Å². The number of aromatic nitrogens is 1. The molecule has 0 spiro atoms. The molecule has 3 heterocycles. The van der Waals surface area contributed by atoms with Crippen LogP contribution >= 0.6 is 11.3 Å². The summed E-state index contributed by atoms with van der Waals surface area (Å²) in [6, 6.07) is 18.6. The predicted molar refractivity (Wildman–Crippen MR) is 126 cm³/mol. The van der Waals surface area contributed by atoms with Crippen LogP contribution in [0.2, 0.25) is 0 Å². The third-order valence-electron chi connectivity index (χ3n) is 5.26. The molecule has 9 heteroatoms. The maximum absolute atomic E-state index is 12.7. The van der Waals surface area contributed by atoms with Crippen LogP contribution in [0, 0.1) is 0 Å². The molecule has 0 radical (unpaired) electrons. The number of amides is 3. The number of para-hydroxylation sites is 3. The Bertz CT molecular complexity index is 1330. The van der Waals surface area contributed by atoms with Gasteiger partial charge in [0.05, 0.1) is 28.1 Å². The number of rotatable bonds is 6. The van der Waals surface area contributed by atoms with Crippen molar-refractivity contribution < 1.29 is 18.8 Å². The van der Waals surface area contributed by atoms with Crippen molar-refractivity contribution >= 4 is 50.6 Å². The van der Waals surface area contributed by atoms with Crippen LogP contribution in [-0.4, -0.2) is 29.3 Å². The summed E-state index contributed by atoms with van der Waals surface area (Å²) in [6.07, 6.45) is 0.0209. The number of nitrogens with one attached hydrogen (secondary N) is 2. The minimum Gasteiger partial charge on any atom is -0.457 e. The Kier molecular flexibility index (Phi) is 5.62. The quantitative estimate of drug-likeness (QED) is 0.454. The lowest BCUT2D eigenvalue weighted by Gasteiger charge is -2.29. The Labute approximate surface area is 193 Å². The lowest BCUT2D eigenvalue weighted by atomic mass is 10.1. The van der Waals surface area contributed by atoms with Gasteiger partial charge in [0.2, 0.25) is 17.7 Å². The summed E-state index contributed by atoms with van der Waals surface area (Å²) in [7, 11) is 0. The molecule has 1 aliphatic rings. The van der Waals surface area contributed by atoms with E-state index >= 15 is 0 Å². The maximum Gasteiger partial charge on any atom is 0.244 e. The Balaban J connectivity index is 1.15. The van der Waals surface area contributed by atoms with Crippen LogP contribution < -0.4 is 15.5 Å². The number of anilines is 2. The summed E-state index contributed by atoms with van der Waals surface area (Å²) < 4.78 is 6.92. The average Bonchev–Trinajstić information content (AvgIpc) is 3.47. The number of hydrogen-bond donors (Lipinski definition) is 2. The first kappa shape index (κ1) is 20.9. The fourth-order valence-corrected chi connectivity index (χ4v) is 4.58. The van der Waals surface area contributed by atoms with E-state index in [2.05, 4.69) is 15.6 Å². The van der Waals surface area contributed by atoms with Gasteiger partial charge in [0.15, 0.2) is 10.8 Å². The Morgan fingerprint density at radius 1 is 1.06 bits per heavy atom. The van der Waals surface area contributed by atoms with E-state index in [4.69, 9.17) is 4.42 Å². The monoisotopic (exact) mass is 460 g/mol. The molecule has 1 aliphatic heterocycles. The molecule has 0 saturated heterocycles. The first-order valence-electron chi connectivity index (χ1n) is 10.5. The third kappa shape index (κ3) is 4.49. The number of thiazole rings is 1. The van der Waals surface area contributed by atoms with Gasteiger partial charge in [-0.25, -0.2) is 4.98 Å². The third-order valence-corrected chi connectivity index (χ3v) is 6.31. The summed E-state index contributed by atoms with van der Waals surface area (Å²) in [5.41, 5.74) is 2.15. The molecular weight excluding hydrogens is 440 g/mol. The molecule has 0 atom stereocenters. The van der Waals surface area contributed by atoms with Crippen LogP contribution in [-0.2, 0) is 20.9 Å². The average molecular weight is 461 g/mol. The molecule has 0 saturated carbocycles. The molecule has 0 unspecified atom stereocenters. The van der Waals surface area contributed by atoms with Gasteiger partial charge in [0.25, 0.3) is 0 Å². The van der Waals surface area contributed by atoms with Gasteiger partial charge in [-0.1, -0.05) is 24.3 Å². The van der Waals surface area contributed by atoms with Gasteiger partial charge in [0.1, 0.15) is 12.3 Å². The normalized spacial score (nSPS) is 13.0. The van der Waals surface area contributed by atoms with Gasteiger partial charge in [-0.2, -0.15) is 0 Å². The van der Waals surface area contributed by atoms with Gasteiger partial charge in [-0.05, 0) is 36.4 Å². The van der Waals surface area contributed by atoms with E-state index in [0.717, 1.165) is 15.2 Å². The second-order valence-electron chi connectivity index (χ2n) is 7.57. The van der Waals surface area contributed by atoms with E-state index in [1.807, 2.05) is 30.3 Å². The highest BCUT2D eigenvalue weighted by Crippen LogP contribution is 2.31. The summed E-state index contributed by atoms with van der Waals surface area (Å²) in [6.45, 7) is 0.158. The van der Waals surface area contributed by atoms with E-state index in [1.165, 1.54) is 4.90 Å². The highest BCUT2D eigenvalue weighted by Gasteiger charge is 2.26. The molecule has 0 bridgehead atoms. The van der Waals surface area contributed by atoms with Gasteiger partial charge < -0.3 is 20.0 Å². The molecule has 8 nitrogen and oxygen atoms in total. The number of fused-ring (bicyclic) bond motifs is 2. The first-order valence-corrected chi connectivity index (χ1v) is 11.3. The van der Waals surface area contributed by atoms with Crippen LogP contribution in [0.15, 0.2) is 65.1 Å². The molecule has 2 aromatic carbocycles. The van der Waals surface area contributed by atoms with Gasteiger partial charge in [0, 0.05) is 12.8 Å². The zero-order chi connectivity index (χ0) is 22.8. The molecule has 166 valence electrons. The number of hydrogen-bond acceptors (Lipinski definition) is 6. The first-order chi connectivity index (χ1) is 16.1. The van der Waals surface area contributed by atoms with Crippen LogP contribution in [0.5, 0.6) is 0 Å². The molecule has 3 amide bonds. The van der Waals surface area contributed by atoms with Crippen LogP contribution in [0.4, 0.5) is 11.4 Å². The van der Waals surface area contributed by atoms with Crippen molar-refractivity contribution in [2.75, 3.05) is 16.8 Å². The summed E-state index contributed by atoms with van der Waals surface area (Å²) in [5, 5.41) is 6.30. The Morgan fingerprint density at radius 3 is 2.76 bits per heavy atom. The topological polar surface area (TPSA) is 105 Å². The molecule has 33 heavy (non-hydrogen) atoms. The van der Waals surface area contributed by atoms with Crippen molar-refractivity contribution in [3.05, 3.63) is 66.4 Å². The number of furan rings is 1. The van der Waals surface area contributed by atoms with Crippen LogP contribution in [0.3, 0.4) is 0 Å². The minimum absolute atomic E-state index is 0.00254. The molecule has 0 fully saturated rings. The lowest BCUT2D eigenvalue weighted by Crippen LogP contribution is -2.42. The van der Waals surface area contributed by atoms with Crippen LogP contribution in [0.25, 0.3) is 21.0 Å². The molecule has 2 aromatic heterocycles. The zero-order valence-corrected chi connectivity index (χ0v) is 18.4. The number of carbonyl (C=O) groups is 3. The fraction of sp³-hybridized carbons (Fsp3) is 0.167. The van der Waals surface area contributed by atoms with E-state index in [-0.39, 0.29) is 43.7 Å². The Morgan fingerprint density at radius 2 is 1.88 bits per heavy atom. The predicted octanol–water partition coefficient (Wildman–Crippen LogP) is 3.94. The van der Waals surface area contributed by atoms with E-state index in [1.54, 1.807) is 41.7 Å². The number of benzene rings is 2. The van der Waals surface area contributed by atoms with E-state index < -0.39 is 0 Å². The fourth-order valence-electron chi connectivity index (χ4n) is 3.65. The highest BCUT2D eigenvalue weighted by atomic mass is 32.1. The molecule has 5 rings (SSSR count). The minimum atomic E-state index is -0.274. The summed E-state index contributed by atoms with van der Waals surface area (Å²) in [5.74, 6) is 0.455. The SMILES string of the molecule is O=C(CCC(=O)N1CC(=O)Nc2ccccc21)NCc1ccc(-c2nc3ccccc3s2)o1. The van der Waals surface area contributed by atoms with Crippen LogP contribution in [0.1, 0.15) is 18.6 Å². The molecular formula is C24H20N4O4S. The largest absolute Gasteiger partial charge is 0.457 e. The van der Waals surface area contributed by atoms with Gasteiger partial charge in [-0.15, -0.1) is 11.3 Å². The van der Waals surface area contributed by atoms with Crippen molar-refractivity contribution in [2.45, 2.75) is 19.4 Å². The van der Waals surface area contributed by atoms with Crippen molar-refractivity contribution in [1.82, 2.24) is 10.3 Å². The summed E-state index contributed by atoms with van der Waals surface area (Å²) in [4.78, 5) is 42.8. The van der Waals surface area contributed by atoms with Gasteiger partial charge in [-0.3, -0.25) is 14.4 Å².